The number of nitrogens with one attached hydrogen (secondary N) is 2. The van der Waals surface area contributed by atoms with Crippen molar-refractivity contribution in [2.45, 2.75) is 406 Å². The number of aromatic nitrogens is 6. The number of aliphatic hydroxyl groups is 10. The molecule has 0 spiro atoms. The third kappa shape index (κ3) is 38.7. The average Bonchev–Trinajstić information content (AvgIpc) is 0.812. The van der Waals surface area contributed by atoms with Crippen LogP contribution in [0, 0.1) is 35.5 Å². The highest BCUT2D eigenvalue weighted by Gasteiger charge is 2.57. The fraction of sp³-hybridized carbons (Fsp3) is 0.857. The smallest absolute Gasteiger partial charge is 0.332 e. The number of carbonyl (C=O) groups is 10. The second-order valence-corrected chi connectivity index (χ2v) is 39.7. The normalized spacial score (nSPS) is 31.4. The number of hydrogen-bond acceptors (Lipinski definition) is 41. The van der Waals surface area contributed by atoms with E-state index in [9.17, 15) is 109 Å². The van der Waals surface area contributed by atoms with Crippen molar-refractivity contribution in [2.75, 3.05) is 92.5 Å². The number of ketones is 4. The molecule has 4 aliphatic carbocycles. The van der Waals surface area contributed by atoms with Crippen molar-refractivity contribution >= 4 is 58.8 Å². The summed E-state index contributed by atoms with van der Waals surface area (Å²) in [5.41, 5.74) is 0.631. The number of carbonyl (C=O) groups excluding carboxylic acids is 6. The molecular weight excluding hydrogens is 1950 g/mol. The van der Waals surface area contributed by atoms with E-state index in [4.69, 9.17) is 90.7 Å². The van der Waals surface area contributed by atoms with Gasteiger partial charge >= 0.3 is 23.9 Å². The highest BCUT2D eigenvalue weighted by atomic mass is 16.8. The zero-order valence-corrected chi connectivity index (χ0v) is 84.5. The molecule has 4 aliphatic heterocycles. The number of hydrogen-bond donors (Lipinski definition) is 16. The summed E-state index contributed by atoms with van der Waals surface area (Å²) in [7, 11) is 0. The highest BCUT2D eigenvalue weighted by Crippen LogP contribution is 2.44. The third-order valence-corrected chi connectivity index (χ3v) is 28.7. The quantitative estimate of drug-likeness (QED) is 0.0404. The summed E-state index contributed by atoms with van der Waals surface area (Å²) < 4.78 is 107. The molecule has 836 valence electrons. The minimum absolute atomic E-state index is 0.0497. The number of aliphatic carboxylic acids is 4. The number of ether oxygens (including phenoxy) is 17. The molecule has 12 unspecified atom stereocenters. The Kier molecular flexibility index (Phi) is 52.4. The lowest BCUT2D eigenvalue weighted by Crippen LogP contribution is -2.67. The molecule has 16 N–H and O–H groups in total. The molecule has 0 bridgehead atoms. The topological polar surface area (TPSA) is 696 Å². The summed E-state index contributed by atoms with van der Waals surface area (Å²) in [4.78, 5) is 130. The minimum atomic E-state index is -1.77. The predicted octanol–water partition coefficient (Wildman–Crippen LogP) is 0.624. The molecule has 49 heteroatoms. The van der Waals surface area contributed by atoms with Crippen LogP contribution in [0.25, 0.3) is 0 Å². The van der Waals surface area contributed by atoms with E-state index in [1.54, 1.807) is 0 Å². The maximum absolute atomic E-state index is 14.5. The van der Waals surface area contributed by atoms with Crippen LogP contribution >= 0.6 is 0 Å². The summed E-state index contributed by atoms with van der Waals surface area (Å²) in [6, 6.07) is -3.11. The molecule has 8 fully saturated rings. The Balaban J connectivity index is 0.688. The molecule has 8 aliphatic rings. The molecule has 4 saturated heterocycles. The van der Waals surface area contributed by atoms with E-state index in [1.165, 1.54) is 35.6 Å². The van der Waals surface area contributed by atoms with Crippen molar-refractivity contribution in [3.8, 4) is 0 Å². The second kappa shape index (κ2) is 63.4. The lowest BCUT2D eigenvalue weighted by atomic mass is 9.74. The summed E-state index contributed by atoms with van der Waals surface area (Å²) >= 11 is 0. The zero-order valence-electron chi connectivity index (χ0n) is 84.5. The Bertz CT molecular complexity index is 4020. The van der Waals surface area contributed by atoms with E-state index in [0.29, 0.717) is 49.9 Å². The van der Waals surface area contributed by atoms with Gasteiger partial charge in [0.1, 0.15) is 133 Å². The van der Waals surface area contributed by atoms with Gasteiger partial charge in [-0.25, -0.2) is 19.0 Å². The number of carboxylic acid groups (broad SMARTS) is 4. The SMILES string of the molecule is CC[C@@H]1CC(C(=O)CCCOCCCC(=O)CCC(=O)O)C[C@@H](O[C@@H]2O[C@@H](CO)[C@H](O)C(O[C@@H](CC3CCCCC3)C(=O)O)C2NC(=O)Cn2cc(COCCOCCOCCOCCOCc3cn(CC(=O)NC4C(O[C@@H](CC5CCCCC5)C(=O)O)[C@@H](O)[C@H](CO)O[C@H]4O[C@@H]4CC(C(=O)CCCOCCCC(=O)CCC(=O)O)C[C@@H](CC)C4O[C@@H]4OC(C)[C@@H](O)[C@H](O)C4O)nn3)nn2)C1O[C@@H]1OC(C)[C@@H](O)[C@H](O)C1O. The van der Waals surface area contributed by atoms with E-state index < -0.39 is 245 Å². The number of Topliss-reactive ketones (excluding diaryl/α,β-unsaturated/α-hetero) is 4. The molecule has 147 heavy (non-hydrogen) atoms. The molecular formula is C98H158N8O41. The summed E-state index contributed by atoms with van der Waals surface area (Å²) in [5, 5.41) is 173. The fourth-order valence-electron chi connectivity index (χ4n) is 20.4. The van der Waals surface area contributed by atoms with Gasteiger partial charge in [-0.1, -0.05) is 101 Å². The summed E-state index contributed by atoms with van der Waals surface area (Å²) in [6.07, 6.45) is -22.3. The van der Waals surface area contributed by atoms with Gasteiger partial charge in [0.2, 0.25) is 11.8 Å². The highest BCUT2D eigenvalue weighted by molar-refractivity contribution is 5.84. The van der Waals surface area contributed by atoms with Crippen molar-refractivity contribution in [2.24, 2.45) is 35.5 Å². The van der Waals surface area contributed by atoms with Gasteiger partial charge in [-0.2, -0.15) is 0 Å². The predicted molar refractivity (Wildman–Crippen MR) is 504 cm³/mol. The van der Waals surface area contributed by atoms with Crippen LogP contribution < -0.4 is 10.6 Å². The Morgan fingerprint density at radius 1 is 0.395 bits per heavy atom. The molecule has 6 heterocycles. The van der Waals surface area contributed by atoms with Gasteiger partial charge in [-0.05, 0) is 102 Å². The molecule has 30 atom stereocenters. The van der Waals surface area contributed by atoms with E-state index >= 15 is 0 Å². The Morgan fingerprint density at radius 2 is 0.741 bits per heavy atom. The molecule has 49 nitrogen and oxygen atoms in total. The van der Waals surface area contributed by atoms with Gasteiger partial charge in [0.25, 0.3) is 0 Å². The lowest BCUT2D eigenvalue weighted by molar-refractivity contribution is -0.338. The Labute approximate surface area is 853 Å². The van der Waals surface area contributed by atoms with Crippen LogP contribution in [0.4, 0.5) is 0 Å². The van der Waals surface area contributed by atoms with Crippen molar-refractivity contribution in [3.63, 3.8) is 0 Å². The Hall–Kier alpha value is -7.30. The van der Waals surface area contributed by atoms with Gasteiger partial charge in [0.05, 0.1) is 141 Å². The van der Waals surface area contributed by atoms with Crippen molar-refractivity contribution < 1.29 is 200 Å². The summed E-state index contributed by atoms with van der Waals surface area (Å²) in [5.74, 6) is -9.69. The number of rotatable bonds is 68. The molecule has 2 aromatic heterocycles. The molecule has 0 radical (unpaired) electrons. The van der Waals surface area contributed by atoms with E-state index in [-0.39, 0.29) is 217 Å². The number of aliphatic hydroxyl groups excluding tert-OH is 10. The maximum atomic E-state index is 14.5. The Morgan fingerprint density at radius 3 is 1.08 bits per heavy atom. The monoisotopic (exact) mass is 2100 g/mol. The molecule has 4 saturated carbocycles. The third-order valence-electron chi connectivity index (χ3n) is 28.7. The average molecular weight is 2100 g/mol. The molecule has 2 aromatic rings. The van der Waals surface area contributed by atoms with Gasteiger partial charge in [-0.15, -0.1) is 10.2 Å². The minimum Gasteiger partial charge on any atom is -0.481 e. The van der Waals surface area contributed by atoms with Crippen molar-refractivity contribution in [3.05, 3.63) is 23.8 Å². The molecule has 10 rings (SSSR count). The van der Waals surface area contributed by atoms with Crippen LogP contribution in [0.1, 0.15) is 232 Å². The second-order valence-electron chi connectivity index (χ2n) is 39.7. The van der Waals surface area contributed by atoms with E-state index in [1.807, 2.05) is 13.8 Å². The molecule has 0 aromatic carbocycles. The number of carboxylic acids is 4. The van der Waals surface area contributed by atoms with Gasteiger partial charge < -0.3 is 163 Å². The first-order valence-corrected chi connectivity index (χ1v) is 52.2. The largest absolute Gasteiger partial charge is 0.481 e. The number of amides is 2. The zero-order chi connectivity index (χ0) is 106. The van der Waals surface area contributed by atoms with Gasteiger partial charge in [-0.3, -0.25) is 38.4 Å². The standard InChI is InChI=1S/C98H158N8O41/c1-5-59-43-61(67(111)23-15-31-131-29-13-21-65(109)25-27-77(115)116)45-69(89(59)146-97-87(125)85(123)81(119)55(3)138-97)142-95-79(91(83(121)73(51-107)144-95)140-71(93(127)128)41-57-17-9-7-10-18-57)99-75(113)49-105-47-63(101-103-105)53-136-39-37-134-35-33-133-34-36-135-38-40-137-54-64-48-106(104-102-64)50-76(114)100-80-92(141-72(94(129)130)42-58-19-11-8-12-20-58)84(122)74(52-108)145-96(80)143-70-46-62(68(112)24-16-32-132-30-14-22-66(110)26-28-78(117)118)44-60(6-2)90(70)147-98-88(126)86(124)82(120)56(4)139-98/h47-48,55-62,69-74,79-92,95-98,107-108,119-126H,5-46,49-54H2,1-4H3,(H,99,113)(H,100,114)(H,115,116)(H,117,118)(H,127,128)(H,129,130)/t55?,56?,59-,60-,61?,62?,69-,70-,71+,72+,73+,74+,79?,80?,81-,82-,83+,84+,85+,86+,87?,88?,89?,90?,91?,92?,95-,96-,97+,98+/m1/s1. The van der Waals surface area contributed by atoms with Gasteiger partial charge in [0.15, 0.2) is 37.4 Å². The van der Waals surface area contributed by atoms with Crippen LogP contribution in [0.2, 0.25) is 0 Å². The van der Waals surface area contributed by atoms with Gasteiger partial charge in [0, 0.05) is 76.8 Å². The van der Waals surface area contributed by atoms with Crippen LogP contribution in [0.3, 0.4) is 0 Å². The first-order valence-electron chi connectivity index (χ1n) is 52.2. The van der Waals surface area contributed by atoms with Crippen LogP contribution in [-0.4, -0.2) is 412 Å². The lowest BCUT2D eigenvalue weighted by Gasteiger charge is -2.49. The van der Waals surface area contributed by atoms with Crippen LogP contribution in [-0.2, 0) is 155 Å². The first-order chi connectivity index (χ1) is 70.6. The van der Waals surface area contributed by atoms with E-state index in [0.717, 1.165) is 64.2 Å². The molecule has 2 amide bonds. The van der Waals surface area contributed by atoms with Crippen LogP contribution in [0.15, 0.2) is 12.4 Å². The van der Waals surface area contributed by atoms with Crippen molar-refractivity contribution in [1.29, 1.82) is 0 Å². The number of nitrogens with zero attached hydrogens (tertiary/aromatic N) is 6. The van der Waals surface area contributed by atoms with Crippen LogP contribution in [0.5, 0.6) is 0 Å². The van der Waals surface area contributed by atoms with E-state index in [2.05, 4.69) is 31.3 Å². The van der Waals surface area contributed by atoms with Crippen molar-refractivity contribution in [1.82, 2.24) is 40.6 Å². The first kappa shape index (κ1) is 122. The summed E-state index contributed by atoms with van der Waals surface area (Å²) in [6.45, 7) is 5.89. The maximum Gasteiger partial charge on any atom is 0.332 e. The fourth-order valence-corrected chi connectivity index (χ4v) is 20.4.